The van der Waals surface area contributed by atoms with Gasteiger partial charge in [0.15, 0.2) is 0 Å². The third-order valence-corrected chi connectivity index (χ3v) is 8.78. The lowest BCUT2D eigenvalue weighted by Gasteiger charge is -2.21. The number of aliphatic hydroxyl groups excluding tert-OH is 1. The molecule has 6 nitrogen and oxygen atoms in total. The van der Waals surface area contributed by atoms with Gasteiger partial charge in [-0.05, 0) is 57.8 Å². The van der Waals surface area contributed by atoms with Crippen molar-refractivity contribution in [1.82, 2.24) is 5.32 Å². The number of amides is 1. The lowest BCUT2D eigenvalue weighted by Crippen LogP contribution is -2.46. The number of rotatable bonds is 32. The van der Waals surface area contributed by atoms with Gasteiger partial charge < -0.3 is 10.4 Å². The smallest absolute Gasteiger partial charge is 0.267 e. The monoisotopic (exact) mass is 651 g/mol. The third-order valence-electron chi connectivity index (χ3n) is 8.00. The molecule has 0 radical (unpaired) electrons. The number of hydrogen-bond acceptors (Lipinski definition) is 4. The van der Waals surface area contributed by atoms with E-state index in [1.165, 1.54) is 89.5 Å². The first-order valence-electron chi connectivity index (χ1n) is 18.3. The normalized spacial score (nSPS) is 14.0. The van der Waals surface area contributed by atoms with E-state index in [9.17, 15) is 22.9 Å². The Labute approximate surface area is 278 Å². The molecule has 0 aromatic carbocycles. The molecular weight excluding hydrogens is 582 g/mol. The highest BCUT2D eigenvalue weighted by Crippen LogP contribution is 2.12. The Morgan fingerprint density at radius 3 is 1.47 bits per heavy atom. The second-order valence-electron chi connectivity index (χ2n) is 12.5. The van der Waals surface area contributed by atoms with Gasteiger partial charge in [0.25, 0.3) is 10.1 Å². The maximum absolute atomic E-state index is 12.4. The summed E-state index contributed by atoms with van der Waals surface area (Å²) in [4.78, 5) is 12.4. The fourth-order valence-electron chi connectivity index (χ4n) is 5.22. The van der Waals surface area contributed by atoms with E-state index in [0.717, 1.165) is 64.2 Å². The second kappa shape index (κ2) is 32.2. The first-order chi connectivity index (χ1) is 21.8. The van der Waals surface area contributed by atoms with Crippen LogP contribution in [0.1, 0.15) is 168 Å². The topological polar surface area (TPSA) is 104 Å². The molecule has 0 aliphatic heterocycles. The van der Waals surface area contributed by atoms with Gasteiger partial charge in [0.1, 0.15) is 0 Å². The Bertz CT molecular complexity index is 894. The summed E-state index contributed by atoms with van der Waals surface area (Å²) in [5.41, 5.74) is 0. The average molecular weight is 652 g/mol. The van der Waals surface area contributed by atoms with Gasteiger partial charge in [0.05, 0.1) is 17.9 Å². The van der Waals surface area contributed by atoms with Crippen LogP contribution in [-0.4, -0.2) is 41.9 Å². The van der Waals surface area contributed by atoms with Gasteiger partial charge in [-0.2, -0.15) is 8.42 Å². The highest BCUT2D eigenvalue weighted by Gasteiger charge is 2.24. The standard InChI is InChI=1S/C38H69NO5S/c1-3-5-7-9-11-12-13-14-15-16-17-18-19-20-21-22-23-24-25-26-28-30-32-34-38(41)39-36(35-45(42,43)44)37(40)33-31-29-27-10-8-6-4-2/h13-14,16-17,19-20,31,33,36-37,40H,3-12,15,18,21-30,32,34-35H2,1-2H3,(H,39,41)(H,42,43,44)/b14-13-,17-16-,20-19-,33-31+. The second-order valence-corrected chi connectivity index (χ2v) is 14.0. The minimum atomic E-state index is -4.33. The molecule has 2 atom stereocenters. The molecule has 3 N–H and O–H groups in total. The average Bonchev–Trinajstić information content (AvgIpc) is 3.00. The van der Waals surface area contributed by atoms with Crippen LogP contribution in [0, 0.1) is 0 Å². The number of carbonyl (C=O) groups excluding carboxylic acids is 1. The molecule has 0 bridgehead atoms. The lowest BCUT2D eigenvalue weighted by molar-refractivity contribution is -0.122. The first-order valence-corrected chi connectivity index (χ1v) is 19.9. The first kappa shape index (κ1) is 43.3. The highest BCUT2D eigenvalue weighted by molar-refractivity contribution is 7.85. The van der Waals surface area contributed by atoms with Gasteiger partial charge >= 0.3 is 0 Å². The number of allylic oxidation sites excluding steroid dienone is 7. The van der Waals surface area contributed by atoms with Crippen LogP contribution in [0.2, 0.25) is 0 Å². The van der Waals surface area contributed by atoms with Crippen molar-refractivity contribution in [3.05, 3.63) is 48.6 Å². The summed E-state index contributed by atoms with van der Waals surface area (Å²) in [5, 5.41) is 13.0. The van der Waals surface area contributed by atoms with Crippen LogP contribution in [0.5, 0.6) is 0 Å². The van der Waals surface area contributed by atoms with Gasteiger partial charge in [-0.15, -0.1) is 0 Å². The molecule has 0 saturated carbocycles. The van der Waals surface area contributed by atoms with Crippen LogP contribution in [0.15, 0.2) is 48.6 Å². The maximum atomic E-state index is 12.4. The van der Waals surface area contributed by atoms with Gasteiger partial charge in [0, 0.05) is 6.42 Å². The molecule has 45 heavy (non-hydrogen) atoms. The van der Waals surface area contributed by atoms with Crippen molar-refractivity contribution in [2.24, 2.45) is 0 Å². The van der Waals surface area contributed by atoms with E-state index in [-0.39, 0.29) is 12.3 Å². The number of aliphatic hydroxyl groups is 1. The zero-order chi connectivity index (χ0) is 33.3. The van der Waals surface area contributed by atoms with E-state index in [4.69, 9.17) is 0 Å². The summed E-state index contributed by atoms with van der Waals surface area (Å²) in [6.45, 7) is 4.42. The van der Waals surface area contributed by atoms with Crippen LogP contribution < -0.4 is 5.32 Å². The van der Waals surface area contributed by atoms with Crippen molar-refractivity contribution in [3.63, 3.8) is 0 Å². The van der Waals surface area contributed by atoms with Crippen molar-refractivity contribution >= 4 is 16.0 Å². The van der Waals surface area contributed by atoms with Crippen molar-refractivity contribution in [1.29, 1.82) is 0 Å². The molecule has 262 valence electrons. The van der Waals surface area contributed by atoms with Crippen LogP contribution in [0.4, 0.5) is 0 Å². The number of carbonyl (C=O) groups is 1. The van der Waals surface area contributed by atoms with E-state index >= 15 is 0 Å². The van der Waals surface area contributed by atoms with Crippen LogP contribution in [-0.2, 0) is 14.9 Å². The summed E-state index contributed by atoms with van der Waals surface area (Å²) in [6, 6.07) is -1.06. The van der Waals surface area contributed by atoms with Crippen LogP contribution in [0.3, 0.4) is 0 Å². The Kier molecular flexibility index (Phi) is 31.0. The highest BCUT2D eigenvalue weighted by atomic mass is 32.2. The third kappa shape index (κ3) is 33.5. The minimum absolute atomic E-state index is 0.285. The molecule has 0 rings (SSSR count). The molecule has 0 aromatic heterocycles. The van der Waals surface area contributed by atoms with E-state index in [2.05, 4.69) is 55.6 Å². The van der Waals surface area contributed by atoms with E-state index in [1.807, 2.05) is 6.08 Å². The molecule has 0 aliphatic rings. The summed E-state index contributed by atoms with van der Waals surface area (Å²) < 4.78 is 32.2. The largest absolute Gasteiger partial charge is 0.387 e. The molecule has 0 aromatic rings. The van der Waals surface area contributed by atoms with Crippen molar-refractivity contribution in [2.45, 2.75) is 180 Å². The Hall–Kier alpha value is -1.70. The maximum Gasteiger partial charge on any atom is 0.267 e. The summed E-state index contributed by atoms with van der Waals surface area (Å²) in [5.74, 6) is -0.996. The van der Waals surface area contributed by atoms with Gasteiger partial charge in [-0.25, -0.2) is 0 Å². The SMILES string of the molecule is CCCCCCC/C=C\C/C=C\C/C=C\CCCCCCCCCCC(=O)NC(CS(=O)(=O)O)C(O)/C=C/CCCCCCC. The molecule has 2 unspecified atom stereocenters. The molecular formula is C38H69NO5S. The molecule has 0 fully saturated rings. The van der Waals surface area contributed by atoms with Crippen molar-refractivity contribution in [3.8, 4) is 0 Å². The van der Waals surface area contributed by atoms with E-state index in [0.29, 0.717) is 0 Å². The van der Waals surface area contributed by atoms with Gasteiger partial charge in [-0.3, -0.25) is 9.35 Å². The molecule has 7 heteroatoms. The fourth-order valence-corrected chi connectivity index (χ4v) is 5.95. The fraction of sp³-hybridized carbons (Fsp3) is 0.763. The molecule has 0 heterocycles. The zero-order valence-corrected chi connectivity index (χ0v) is 29.8. The van der Waals surface area contributed by atoms with Gasteiger partial charge in [-0.1, -0.05) is 152 Å². The predicted molar refractivity (Wildman–Crippen MR) is 193 cm³/mol. The quantitative estimate of drug-likeness (QED) is 0.0381. The molecule has 0 aliphatic carbocycles. The molecule has 0 saturated heterocycles. The molecule has 0 spiro atoms. The molecule has 1 amide bonds. The van der Waals surface area contributed by atoms with Gasteiger partial charge in [0.2, 0.25) is 5.91 Å². The number of hydrogen-bond donors (Lipinski definition) is 3. The Balaban J connectivity index is 3.85. The summed E-state index contributed by atoms with van der Waals surface area (Å²) in [7, 11) is -4.33. The van der Waals surface area contributed by atoms with E-state index in [1.54, 1.807) is 0 Å². The van der Waals surface area contributed by atoms with Crippen LogP contribution in [0.25, 0.3) is 0 Å². The zero-order valence-electron chi connectivity index (χ0n) is 29.0. The summed E-state index contributed by atoms with van der Waals surface area (Å²) in [6.07, 6.45) is 42.6. The minimum Gasteiger partial charge on any atom is -0.387 e. The van der Waals surface area contributed by atoms with Crippen molar-refractivity contribution < 1.29 is 22.9 Å². The van der Waals surface area contributed by atoms with Crippen LogP contribution >= 0.6 is 0 Å². The lowest BCUT2D eigenvalue weighted by atomic mass is 10.1. The Morgan fingerprint density at radius 1 is 0.600 bits per heavy atom. The van der Waals surface area contributed by atoms with E-state index < -0.39 is 28.0 Å². The predicted octanol–water partition coefficient (Wildman–Crippen LogP) is 10.3. The van der Waals surface area contributed by atoms with Crippen molar-refractivity contribution in [2.75, 3.05) is 5.75 Å². The summed E-state index contributed by atoms with van der Waals surface area (Å²) >= 11 is 0. The number of unbranched alkanes of at least 4 members (excludes halogenated alkanes) is 18. The Morgan fingerprint density at radius 2 is 1.00 bits per heavy atom. The number of nitrogens with one attached hydrogen (secondary N) is 1.